The summed E-state index contributed by atoms with van der Waals surface area (Å²) in [6.07, 6.45) is 3.48. The van der Waals surface area contributed by atoms with Gasteiger partial charge in [0.2, 0.25) is 0 Å². The van der Waals surface area contributed by atoms with Crippen molar-refractivity contribution in [3.63, 3.8) is 0 Å². The molecule has 0 atom stereocenters. The Morgan fingerprint density at radius 1 is 1.06 bits per heavy atom. The van der Waals surface area contributed by atoms with Crippen molar-refractivity contribution in [2.45, 2.75) is 38.7 Å². The highest BCUT2D eigenvalue weighted by atomic mass is 16.6. The van der Waals surface area contributed by atoms with Crippen molar-refractivity contribution in [2.75, 3.05) is 18.5 Å². The van der Waals surface area contributed by atoms with Gasteiger partial charge >= 0.3 is 6.09 Å². The quantitative estimate of drug-likeness (QED) is 0.469. The zero-order chi connectivity index (χ0) is 25.1. The number of nitrogens with one attached hydrogen (secondary N) is 1. The first-order chi connectivity index (χ1) is 17.5. The lowest BCUT2D eigenvalue weighted by atomic mass is 9.98. The van der Waals surface area contributed by atoms with Gasteiger partial charge in [-0.25, -0.2) is 9.78 Å². The lowest BCUT2D eigenvalue weighted by molar-refractivity contribution is 0.0958. The predicted octanol–water partition coefficient (Wildman–Crippen LogP) is 4.71. The molecule has 0 radical (unpaired) electrons. The normalized spacial score (nSPS) is 14.3. The topological polar surface area (TPSA) is 88.6 Å². The maximum atomic E-state index is 12.8. The highest BCUT2D eigenvalue weighted by Gasteiger charge is 2.28. The number of nitrogens with zero attached hydrogens (tertiary/aromatic N) is 2. The average molecular weight is 484 g/mol. The number of carbonyl (C=O) groups is 3. The number of rotatable bonds is 8. The highest BCUT2D eigenvalue weighted by Crippen LogP contribution is 2.34. The number of hydrogen-bond acceptors (Lipinski definition) is 5. The molecular weight excluding hydrogens is 454 g/mol. The van der Waals surface area contributed by atoms with Crippen LogP contribution in [0.5, 0.6) is 0 Å². The van der Waals surface area contributed by atoms with Crippen molar-refractivity contribution in [3.05, 3.63) is 94.3 Å². The fraction of sp³-hybridized carbons (Fsp3) is 0.310. The van der Waals surface area contributed by atoms with Crippen LogP contribution in [0.25, 0.3) is 0 Å². The van der Waals surface area contributed by atoms with Crippen molar-refractivity contribution in [1.82, 2.24) is 10.3 Å². The standard InChI is InChI=1S/C29H29N3O4/c1-30-28(34)25-17-22(27(33)14-19-10-11-19)16-23(31-25)15-21-8-5-9-26-24(21)12-13-32(26)29(35)36-18-20-6-3-2-4-7-20/h2-9,16-17,19H,10-15,18H2,1H3,(H,30,34). The van der Waals surface area contributed by atoms with Gasteiger partial charge in [-0.15, -0.1) is 0 Å². The molecule has 2 amide bonds. The molecular formula is C29H29N3O4. The molecule has 0 unspecified atom stereocenters. The van der Waals surface area contributed by atoms with Gasteiger partial charge in [-0.2, -0.15) is 0 Å². The lowest BCUT2D eigenvalue weighted by Gasteiger charge is -2.18. The van der Waals surface area contributed by atoms with Gasteiger partial charge in [-0.1, -0.05) is 42.5 Å². The van der Waals surface area contributed by atoms with Crippen molar-refractivity contribution in [1.29, 1.82) is 0 Å². The summed E-state index contributed by atoms with van der Waals surface area (Å²) in [5.41, 5.74) is 5.29. The number of fused-ring (bicyclic) bond motifs is 1. The molecule has 1 N–H and O–H groups in total. The molecule has 3 aromatic rings. The van der Waals surface area contributed by atoms with E-state index in [1.165, 1.54) is 0 Å². The molecule has 1 aromatic heterocycles. The van der Waals surface area contributed by atoms with E-state index in [0.717, 1.165) is 35.2 Å². The first-order valence-corrected chi connectivity index (χ1v) is 12.4. The van der Waals surface area contributed by atoms with Crippen molar-refractivity contribution >= 4 is 23.5 Å². The number of amides is 2. The maximum absolute atomic E-state index is 12.8. The van der Waals surface area contributed by atoms with Gasteiger partial charge < -0.3 is 10.1 Å². The molecule has 1 aliphatic heterocycles. The molecule has 7 nitrogen and oxygen atoms in total. The number of hydrogen-bond donors (Lipinski definition) is 1. The Hall–Kier alpha value is -4.00. The van der Waals surface area contributed by atoms with Gasteiger partial charge in [0.05, 0.1) is 5.69 Å². The number of aromatic nitrogens is 1. The summed E-state index contributed by atoms with van der Waals surface area (Å²) in [5, 5.41) is 2.60. The molecule has 1 fully saturated rings. The summed E-state index contributed by atoms with van der Waals surface area (Å²) in [4.78, 5) is 44.2. The van der Waals surface area contributed by atoms with Gasteiger partial charge in [0.15, 0.2) is 5.78 Å². The van der Waals surface area contributed by atoms with Crippen LogP contribution in [0.4, 0.5) is 10.5 Å². The van der Waals surface area contributed by atoms with E-state index in [9.17, 15) is 14.4 Å². The minimum Gasteiger partial charge on any atom is -0.444 e. The number of carbonyl (C=O) groups excluding carboxylic acids is 3. The number of ether oxygens (including phenoxy) is 1. The summed E-state index contributed by atoms with van der Waals surface area (Å²) < 4.78 is 5.55. The van der Waals surface area contributed by atoms with E-state index in [2.05, 4.69) is 10.3 Å². The van der Waals surface area contributed by atoms with E-state index >= 15 is 0 Å². The molecule has 0 saturated heterocycles. The predicted molar refractivity (Wildman–Crippen MR) is 136 cm³/mol. The van der Waals surface area contributed by atoms with E-state index in [1.54, 1.807) is 24.1 Å². The molecule has 2 aliphatic rings. The molecule has 1 saturated carbocycles. The summed E-state index contributed by atoms with van der Waals surface area (Å²) in [6, 6.07) is 18.8. The third-order valence-electron chi connectivity index (χ3n) is 6.75. The number of Topliss-reactive ketones (excluding diaryl/α,β-unsaturated/α-hetero) is 1. The minimum atomic E-state index is -0.373. The van der Waals surface area contributed by atoms with Crippen LogP contribution in [-0.4, -0.2) is 36.4 Å². The second-order valence-corrected chi connectivity index (χ2v) is 9.42. The average Bonchev–Trinajstić information content (AvgIpc) is 3.61. The smallest absolute Gasteiger partial charge is 0.414 e. The molecule has 2 heterocycles. The van der Waals surface area contributed by atoms with Gasteiger partial charge in [0.25, 0.3) is 5.91 Å². The van der Waals surface area contributed by atoms with Crippen LogP contribution in [0.2, 0.25) is 0 Å². The van der Waals surface area contributed by atoms with Crippen LogP contribution < -0.4 is 10.2 Å². The molecule has 7 heteroatoms. The van der Waals surface area contributed by atoms with E-state index < -0.39 is 0 Å². The Labute approximate surface area is 210 Å². The Kier molecular flexibility index (Phi) is 6.80. The summed E-state index contributed by atoms with van der Waals surface area (Å²) in [5.74, 6) is 0.197. The number of ketones is 1. The van der Waals surface area contributed by atoms with Gasteiger partial charge in [0, 0.05) is 37.7 Å². The molecule has 36 heavy (non-hydrogen) atoms. The largest absolute Gasteiger partial charge is 0.444 e. The fourth-order valence-electron chi connectivity index (χ4n) is 4.64. The van der Waals surface area contributed by atoms with E-state index in [4.69, 9.17) is 4.74 Å². The lowest BCUT2D eigenvalue weighted by Crippen LogP contribution is -2.29. The van der Waals surface area contributed by atoms with Gasteiger partial charge in [-0.3, -0.25) is 14.5 Å². The van der Waals surface area contributed by atoms with E-state index in [1.807, 2.05) is 48.5 Å². The number of anilines is 1. The van der Waals surface area contributed by atoms with Crippen LogP contribution in [0.15, 0.2) is 60.7 Å². The minimum absolute atomic E-state index is 0.0527. The second-order valence-electron chi connectivity index (χ2n) is 9.42. The summed E-state index contributed by atoms with van der Waals surface area (Å²) >= 11 is 0. The fourth-order valence-corrected chi connectivity index (χ4v) is 4.64. The first kappa shape index (κ1) is 23.7. The molecule has 0 spiro atoms. The maximum Gasteiger partial charge on any atom is 0.414 e. The van der Waals surface area contributed by atoms with Crippen LogP contribution in [-0.2, 0) is 24.2 Å². The van der Waals surface area contributed by atoms with Crippen molar-refractivity contribution in [2.24, 2.45) is 5.92 Å². The first-order valence-electron chi connectivity index (χ1n) is 12.4. The zero-order valence-corrected chi connectivity index (χ0v) is 20.3. The Bertz CT molecular complexity index is 1300. The van der Waals surface area contributed by atoms with Crippen molar-refractivity contribution in [3.8, 4) is 0 Å². The third-order valence-corrected chi connectivity index (χ3v) is 6.75. The Morgan fingerprint density at radius 3 is 2.61 bits per heavy atom. The molecule has 1 aliphatic carbocycles. The summed E-state index contributed by atoms with van der Waals surface area (Å²) in [7, 11) is 1.55. The van der Waals surface area contributed by atoms with Crippen molar-refractivity contribution < 1.29 is 19.1 Å². The highest BCUT2D eigenvalue weighted by molar-refractivity contribution is 6.00. The molecule has 184 valence electrons. The number of pyridine rings is 1. The molecule has 5 rings (SSSR count). The molecule has 2 aromatic carbocycles. The van der Waals surface area contributed by atoms with Gasteiger partial charge in [0.1, 0.15) is 12.3 Å². The summed E-state index contributed by atoms with van der Waals surface area (Å²) in [6.45, 7) is 0.760. The SMILES string of the molecule is CNC(=O)c1cc(C(=O)CC2CC2)cc(Cc2cccc3c2CCN3C(=O)OCc2ccccc2)n1. The van der Waals surface area contributed by atoms with Crippen LogP contribution in [0, 0.1) is 5.92 Å². The van der Waals surface area contributed by atoms with E-state index in [0.29, 0.717) is 43.0 Å². The van der Waals surface area contributed by atoms with Gasteiger partial charge in [-0.05, 0) is 60.1 Å². The monoisotopic (exact) mass is 483 g/mol. The van der Waals surface area contributed by atoms with E-state index in [-0.39, 0.29) is 30.1 Å². The van der Waals surface area contributed by atoms with Crippen LogP contribution in [0.3, 0.4) is 0 Å². The second kappa shape index (κ2) is 10.3. The molecule has 0 bridgehead atoms. The van der Waals surface area contributed by atoms with Crippen LogP contribution in [0.1, 0.15) is 62.5 Å². The number of benzene rings is 2. The Morgan fingerprint density at radius 2 is 1.86 bits per heavy atom. The zero-order valence-electron chi connectivity index (χ0n) is 20.3. The third kappa shape index (κ3) is 5.30. The Balaban J connectivity index is 1.36. The van der Waals surface area contributed by atoms with Crippen LogP contribution >= 0.6 is 0 Å².